The first-order valence-corrected chi connectivity index (χ1v) is 6.28. The van der Waals surface area contributed by atoms with Gasteiger partial charge in [-0.1, -0.05) is 11.8 Å². The molecule has 19 heavy (non-hydrogen) atoms. The number of furan rings is 1. The quantitative estimate of drug-likeness (QED) is 0.882. The van der Waals surface area contributed by atoms with Gasteiger partial charge in [-0.3, -0.25) is 15.2 Å². The van der Waals surface area contributed by atoms with Gasteiger partial charge in [0, 0.05) is 0 Å². The van der Waals surface area contributed by atoms with E-state index >= 15 is 0 Å². The molecule has 102 valence electrons. The van der Waals surface area contributed by atoms with Crippen molar-refractivity contribution in [2.45, 2.75) is 18.4 Å². The number of hydrogen-bond acceptors (Lipinski definition) is 5. The van der Waals surface area contributed by atoms with E-state index in [4.69, 9.17) is 4.42 Å². The monoisotopic (exact) mass is 288 g/mol. The Kier molecular flexibility index (Phi) is 4.15. The SMILES string of the molecule is Cc1nc(NC(=O)c2ccc(CSC(F)F)o2)n[nH]1. The molecular formula is C10H10F2N4O2S. The van der Waals surface area contributed by atoms with Crippen LogP contribution in [0, 0.1) is 6.92 Å². The summed E-state index contributed by atoms with van der Waals surface area (Å²) in [7, 11) is 0. The summed E-state index contributed by atoms with van der Waals surface area (Å²) in [5, 5.41) is 8.72. The molecule has 0 aliphatic heterocycles. The van der Waals surface area contributed by atoms with E-state index in [9.17, 15) is 13.6 Å². The molecule has 0 aliphatic carbocycles. The van der Waals surface area contributed by atoms with Gasteiger partial charge >= 0.3 is 0 Å². The third-order valence-corrected chi connectivity index (χ3v) is 2.76. The van der Waals surface area contributed by atoms with Crippen LogP contribution in [0.4, 0.5) is 14.7 Å². The number of halogens is 2. The number of nitrogens with one attached hydrogen (secondary N) is 2. The topological polar surface area (TPSA) is 83.8 Å². The Balaban J connectivity index is 1.96. The first kappa shape index (κ1) is 13.5. The Morgan fingerprint density at radius 3 is 3.00 bits per heavy atom. The fourth-order valence-electron chi connectivity index (χ4n) is 1.28. The van der Waals surface area contributed by atoms with Gasteiger partial charge in [-0.25, -0.2) is 0 Å². The van der Waals surface area contributed by atoms with Crippen LogP contribution in [0.3, 0.4) is 0 Å². The molecule has 0 spiro atoms. The van der Waals surface area contributed by atoms with E-state index in [-0.39, 0.29) is 17.5 Å². The second-order valence-corrected chi connectivity index (χ2v) is 4.51. The van der Waals surface area contributed by atoms with Crippen LogP contribution in [0.1, 0.15) is 22.1 Å². The Labute approximate surface area is 111 Å². The molecular weight excluding hydrogens is 278 g/mol. The van der Waals surface area contributed by atoms with Crippen LogP contribution in [0.25, 0.3) is 0 Å². The van der Waals surface area contributed by atoms with E-state index in [2.05, 4.69) is 20.5 Å². The number of aromatic nitrogens is 3. The number of aromatic amines is 1. The standard InChI is InChI=1S/C10H10F2N4O2S/c1-5-13-10(16-15-5)14-8(17)7-3-2-6(18-7)4-19-9(11)12/h2-3,9H,4H2,1H3,(H2,13,14,15,16,17). The second kappa shape index (κ2) is 5.83. The highest BCUT2D eigenvalue weighted by atomic mass is 32.2. The van der Waals surface area contributed by atoms with Gasteiger partial charge < -0.3 is 4.42 Å². The number of thioether (sulfide) groups is 1. The Morgan fingerprint density at radius 1 is 1.58 bits per heavy atom. The van der Waals surface area contributed by atoms with E-state index in [1.165, 1.54) is 12.1 Å². The number of amides is 1. The van der Waals surface area contributed by atoms with Gasteiger partial charge in [0.25, 0.3) is 11.7 Å². The van der Waals surface area contributed by atoms with Crippen LogP contribution in [-0.2, 0) is 5.75 Å². The zero-order valence-electron chi connectivity index (χ0n) is 9.81. The zero-order chi connectivity index (χ0) is 13.8. The molecule has 0 atom stereocenters. The van der Waals surface area contributed by atoms with E-state index in [1.807, 2.05) is 0 Å². The third-order valence-electron chi connectivity index (χ3n) is 2.06. The Bertz CT molecular complexity index is 569. The minimum Gasteiger partial charge on any atom is -0.455 e. The summed E-state index contributed by atoms with van der Waals surface area (Å²) in [4.78, 5) is 15.6. The van der Waals surface area contributed by atoms with Crippen molar-refractivity contribution in [2.75, 3.05) is 5.32 Å². The number of anilines is 1. The van der Waals surface area contributed by atoms with Crippen molar-refractivity contribution in [3.05, 3.63) is 29.5 Å². The second-order valence-electron chi connectivity index (χ2n) is 3.54. The third kappa shape index (κ3) is 3.78. The van der Waals surface area contributed by atoms with Crippen LogP contribution in [0.5, 0.6) is 0 Å². The van der Waals surface area contributed by atoms with Gasteiger partial charge in [-0.15, -0.1) is 5.10 Å². The molecule has 0 fully saturated rings. The molecule has 1 amide bonds. The maximum atomic E-state index is 12.0. The lowest BCUT2D eigenvalue weighted by atomic mass is 10.4. The van der Waals surface area contributed by atoms with Crippen molar-refractivity contribution in [2.24, 2.45) is 0 Å². The summed E-state index contributed by atoms with van der Waals surface area (Å²) in [6.07, 6.45) is 0. The van der Waals surface area contributed by atoms with Crippen molar-refractivity contribution in [1.82, 2.24) is 15.2 Å². The first-order valence-electron chi connectivity index (χ1n) is 5.23. The van der Waals surface area contributed by atoms with Crippen molar-refractivity contribution >= 4 is 23.6 Å². The maximum absolute atomic E-state index is 12.0. The van der Waals surface area contributed by atoms with Gasteiger partial charge in [0.15, 0.2) is 5.76 Å². The van der Waals surface area contributed by atoms with Crippen LogP contribution in [0.15, 0.2) is 16.5 Å². The van der Waals surface area contributed by atoms with Crippen LogP contribution in [-0.4, -0.2) is 26.8 Å². The smallest absolute Gasteiger partial charge is 0.293 e. The lowest BCUT2D eigenvalue weighted by molar-refractivity contribution is 0.0994. The maximum Gasteiger partial charge on any atom is 0.293 e. The lowest BCUT2D eigenvalue weighted by Crippen LogP contribution is -2.12. The Hall–Kier alpha value is -1.90. The molecule has 0 saturated heterocycles. The van der Waals surface area contributed by atoms with Gasteiger partial charge in [0.2, 0.25) is 5.95 Å². The number of aryl methyl sites for hydroxylation is 1. The number of rotatable bonds is 5. The summed E-state index contributed by atoms with van der Waals surface area (Å²) in [5.41, 5.74) is 0. The molecule has 6 nitrogen and oxygen atoms in total. The molecule has 9 heteroatoms. The van der Waals surface area contributed by atoms with E-state index in [0.29, 0.717) is 23.3 Å². The average Bonchev–Trinajstić information content (AvgIpc) is 2.95. The molecule has 2 aromatic heterocycles. The molecule has 0 bridgehead atoms. The molecule has 0 saturated carbocycles. The molecule has 2 heterocycles. The van der Waals surface area contributed by atoms with E-state index in [1.54, 1.807) is 6.92 Å². The lowest BCUT2D eigenvalue weighted by Gasteiger charge is -1.98. The fourth-order valence-corrected chi connectivity index (χ4v) is 1.73. The highest BCUT2D eigenvalue weighted by molar-refractivity contribution is 7.98. The normalized spacial score (nSPS) is 10.9. The molecule has 2 rings (SSSR count). The summed E-state index contributed by atoms with van der Waals surface area (Å²) in [5.74, 6) is -1.99. The van der Waals surface area contributed by atoms with Crippen LogP contribution >= 0.6 is 11.8 Å². The summed E-state index contributed by atoms with van der Waals surface area (Å²) >= 11 is 0.428. The minimum absolute atomic E-state index is 0.00467. The van der Waals surface area contributed by atoms with Crippen LogP contribution in [0.2, 0.25) is 0 Å². The number of H-pyrrole nitrogens is 1. The molecule has 0 radical (unpaired) electrons. The first-order chi connectivity index (χ1) is 9.04. The molecule has 0 aromatic carbocycles. The number of hydrogen-bond donors (Lipinski definition) is 2. The molecule has 0 unspecified atom stereocenters. The summed E-state index contributed by atoms with van der Waals surface area (Å²) in [6.45, 7) is 1.69. The number of carbonyl (C=O) groups is 1. The highest BCUT2D eigenvalue weighted by Gasteiger charge is 2.14. The number of carbonyl (C=O) groups excluding carboxylic acids is 1. The summed E-state index contributed by atoms with van der Waals surface area (Å²) < 4.78 is 29.1. The van der Waals surface area contributed by atoms with Gasteiger partial charge in [-0.05, 0) is 19.1 Å². The van der Waals surface area contributed by atoms with Gasteiger partial charge in [-0.2, -0.15) is 13.8 Å². The molecule has 2 aromatic rings. The van der Waals surface area contributed by atoms with Gasteiger partial charge in [0.1, 0.15) is 11.6 Å². The molecule has 0 aliphatic rings. The number of nitrogens with zero attached hydrogens (tertiary/aromatic N) is 2. The van der Waals surface area contributed by atoms with Crippen molar-refractivity contribution in [3.63, 3.8) is 0 Å². The summed E-state index contributed by atoms with van der Waals surface area (Å²) in [6, 6.07) is 2.89. The highest BCUT2D eigenvalue weighted by Crippen LogP contribution is 2.21. The van der Waals surface area contributed by atoms with Gasteiger partial charge in [0.05, 0.1) is 5.75 Å². The van der Waals surface area contributed by atoms with E-state index in [0.717, 1.165) is 0 Å². The minimum atomic E-state index is -2.47. The molecule has 2 N–H and O–H groups in total. The average molecular weight is 288 g/mol. The largest absolute Gasteiger partial charge is 0.455 e. The van der Waals surface area contributed by atoms with Crippen molar-refractivity contribution in [1.29, 1.82) is 0 Å². The van der Waals surface area contributed by atoms with Crippen molar-refractivity contribution < 1.29 is 18.0 Å². The van der Waals surface area contributed by atoms with E-state index < -0.39 is 11.7 Å². The zero-order valence-corrected chi connectivity index (χ0v) is 10.6. The number of alkyl halides is 2. The fraction of sp³-hybridized carbons (Fsp3) is 0.300. The predicted molar refractivity (Wildman–Crippen MR) is 65.1 cm³/mol. The van der Waals surface area contributed by atoms with Crippen molar-refractivity contribution in [3.8, 4) is 0 Å². The predicted octanol–water partition coefficient (Wildman–Crippen LogP) is 2.41. The van der Waals surface area contributed by atoms with Crippen LogP contribution < -0.4 is 5.32 Å². The Morgan fingerprint density at radius 2 is 2.37 bits per heavy atom.